The summed E-state index contributed by atoms with van der Waals surface area (Å²) >= 11 is 0. The van der Waals surface area contributed by atoms with Crippen molar-refractivity contribution in [2.75, 3.05) is 0 Å². The fourth-order valence-corrected chi connectivity index (χ4v) is 20.4. The average Bonchev–Trinajstić information content (AvgIpc) is 1.51. The Morgan fingerprint density at radius 2 is 0.439 bits per heavy atom. The smallest absolute Gasteiger partial charge is 0.164 e. The Hall–Kier alpha value is -15.3. The second-order valence-electron chi connectivity index (χ2n) is 30.8. The molecule has 0 spiro atoms. The summed E-state index contributed by atoms with van der Waals surface area (Å²) in [5.74, 6) is 1.94. The molecule has 7 heteroatoms. The molecular formula is C107H61N7. The molecule has 0 saturated carbocycles. The molecular weight excluding hydrogens is 1380 g/mol. The number of hydrogen-bond donors (Lipinski definition) is 0. The minimum Gasteiger partial charge on any atom is -0.309 e. The summed E-state index contributed by atoms with van der Waals surface area (Å²) in [6.45, 7) is 0. The van der Waals surface area contributed by atoms with Crippen LogP contribution >= 0.6 is 0 Å². The minimum atomic E-state index is 0.640. The van der Waals surface area contributed by atoms with Crippen LogP contribution in [0.2, 0.25) is 0 Å². The number of benzene rings is 18. The SMILES string of the molecule is c1ccc(-c2cccc(-c3cccc(-n4c5cccc6c7cccc8c7c7c9c-8cccc9cc8c7c7c(c65)c4ccc7n8-c4ccccc4)c3)c2)cc1.c1ccc(-c2nc(-c3ccccc3)nc(-c3ccc(-n4c5cccc6c7cccc8c7c7c9c-8cccc9cc8c7c7c(c65)c4ccc7n8-c4ccccc4)cc3)n2)cc1. The van der Waals surface area contributed by atoms with Crippen LogP contribution < -0.4 is 0 Å². The summed E-state index contributed by atoms with van der Waals surface area (Å²) in [5, 5.41) is 26.4. The van der Waals surface area contributed by atoms with Crippen molar-refractivity contribution in [3.63, 3.8) is 0 Å². The van der Waals surface area contributed by atoms with Gasteiger partial charge in [-0.15, -0.1) is 0 Å². The van der Waals surface area contributed by atoms with E-state index in [0.717, 1.165) is 33.8 Å². The third kappa shape index (κ3) is 8.40. The van der Waals surface area contributed by atoms with Crippen molar-refractivity contribution in [2.24, 2.45) is 0 Å². The van der Waals surface area contributed by atoms with Gasteiger partial charge in [-0.3, -0.25) is 0 Å². The molecule has 0 bridgehead atoms. The molecule has 27 rings (SSSR count). The highest BCUT2D eigenvalue weighted by Crippen LogP contribution is 2.58. The van der Waals surface area contributed by atoms with Gasteiger partial charge in [0.15, 0.2) is 17.5 Å². The number of aromatic nitrogens is 7. The van der Waals surface area contributed by atoms with E-state index in [1.54, 1.807) is 0 Å². The molecule has 0 unspecified atom stereocenters. The van der Waals surface area contributed by atoms with E-state index in [1.165, 1.54) is 202 Å². The number of rotatable bonds is 9. The fraction of sp³-hybridized carbons (Fsp3) is 0. The zero-order valence-corrected chi connectivity index (χ0v) is 61.3. The Balaban J connectivity index is 0.000000126. The second kappa shape index (κ2) is 23.1. The van der Waals surface area contributed by atoms with Crippen LogP contribution in [0.25, 0.3) is 253 Å². The van der Waals surface area contributed by atoms with E-state index in [4.69, 9.17) is 15.0 Å². The van der Waals surface area contributed by atoms with Crippen molar-refractivity contribution in [3.05, 3.63) is 370 Å². The van der Waals surface area contributed by atoms with E-state index in [9.17, 15) is 0 Å². The summed E-state index contributed by atoms with van der Waals surface area (Å²) in [4.78, 5) is 15.0. The molecule has 0 radical (unpaired) electrons. The Bertz CT molecular complexity index is 8370. The number of nitrogens with zero attached hydrogens (tertiary/aromatic N) is 7. The lowest BCUT2D eigenvalue weighted by Gasteiger charge is -2.12. The van der Waals surface area contributed by atoms with Crippen LogP contribution in [0.3, 0.4) is 0 Å². The van der Waals surface area contributed by atoms with Gasteiger partial charge < -0.3 is 18.3 Å². The molecule has 5 aromatic heterocycles. The summed E-state index contributed by atoms with van der Waals surface area (Å²) < 4.78 is 9.96. The molecule has 20 aromatic carbocycles. The molecule has 2 aliphatic rings. The molecule has 0 aliphatic heterocycles. The normalized spacial score (nSPS) is 12.4. The third-order valence-corrected chi connectivity index (χ3v) is 24.9. The number of fused-ring (bicyclic) bond motifs is 4. The lowest BCUT2D eigenvalue weighted by molar-refractivity contribution is 1.07. The Morgan fingerprint density at radius 1 is 0.149 bits per heavy atom. The number of hydrogen-bond acceptors (Lipinski definition) is 3. The van der Waals surface area contributed by atoms with Crippen LogP contribution in [-0.2, 0) is 0 Å². The van der Waals surface area contributed by atoms with Crippen molar-refractivity contribution in [2.45, 2.75) is 0 Å². The van der Waals surface area contributed by atoms with Gasteiger partial charge >= 0.3 is 0 Å². The highest BCUT2D eigenvalue weighted by molar-refractivity contribution is 6.48. The molecule has 0 atom stereocenters. The lowest BCUT2D eigenvalue weighted by atomic mass is 9.94. The number of para-hydroxylation sites is 2. The van der Waals surface area contributed by atoms with Crippen LogP contribution in [0, 0.1) is 0 Å². The van der Waals surface area contributed by atoms with E-state index < -0.39 is 0 Å². The molecule has 5 heterocycles. The van der Waals surface area contributed by atoms with Crippen molar-refractivity contribution in [1.82, 2.24) is 33.2 Å². The predicted octanol–water partition coefficient (Wildman–Crippen LogP) is 28.0. The molecule has 25 aromatic rings. The van der Waals surface area contributed by atoms with Gasteiger partial charge in [-0.25, -0.2) is 15.0 Å². The van der Waals surface area contributed by atoms with Crippen LogP contribution in [0.15, 0.2) is 370 Å². The topological polar surface area (TPSA) is 58.4 Å². The Kier molecular flexibility index (Phi) is 12.5. The Morgan fingerprint density at radius 3 is 0.895 bits per heavy atom. The van der Waals surface area contributed by atoms with E-state index in [2.05, 4.69) is 328 Å². The summed E-state index contributed by atoms with van der Waals surface area (Å²) in [6.07, 6.45) is 0. The van der Waals surface area contributed by atoms with Gasteiger partial charge in [-0.2, -0.15) is 0 Å². The maximum atomic E-state index is 5.03. The standard InChI is InChI=1S/C55H31N5.C52H30N2/c1-4-13-32(14-5-1)53-56-54(33-15-6-2-7-16-33)58-55(57-53)34-25-27-37(28-26-34)59-42-24-12-23-41-40-22-11-21-39-38-20-10-17-35-31-45-51(52(46(35)38)47(39)40)50-44(30-29-43(59)49(50)48(41)42)60(45)36-18-8-3-9-19-36;1-3-12-31(13-4-1)32-14-7-15-33(28-32)34-16-8-20-37(29-34)54-42-25-11-24-41-40-23-10-22-39-38-21-9-17-35-30-45-51(52(46(35)38)47(39)40)50-44(27-26-43(54)49(50)48(41)42)53(45)36-18-5-2-6-19-36/h1-31H;1-30H. The van der Waals surface area contributed by atoms with Crippen LogP contribution in [-0.4, -0.2) is 33.2 Å². The van der Waals surface area contributed by atoms with Gasteiger partial charge in [0.05, 0.1) is 44.1 Å². The molecule has 524 valence electrons. The maximum Gasteiger partial charge on any atom is 0.164 e. The fourth-order valence-electron chi connectivity index (χ4n) is 20.4. The molecule has 0 fully saturated rings. The molecule has 7 nitrogen and oxygen atoms in total. The predicted molar refractivity (Wildman–Crippen MR) is 476 cm³/mol. The first-order valence-corrected chi connectivity index (χ1v) is 39.2. The zero-order valence-electron chi connectivity index (χ0n) is 61.3. The summed E-state index contributed by atoms with van der Waals surface area (Å²) in [5.41, 5.74) is 27.3. The zero-order chi connectivity index (χ0) is 74.1. The molecule has 0 N–H and O–H groups in total. The highest BCUT2D eigenvalue weighted by Gasteiger charge is 2.32. The third-order valence-electron chi connectivity index (χ3n) is 24.9. The average molecular weight is 1440 g/mol. The van der Waals surface area contributed by atoms with Gasteiger partial charge in [-0.05, 0) is 214 Å². The quantitative estimate of drug-likeness (QED) is 0.145. The van der Waals surface area contributed by atoms with Crippen LogP contribution in [0.4, 0.5) is 0 Å². The first kappa shape index (κ1) is 61.6. The van der Waals surface area contributed by atoms with Gasteiger partial charge in [-0.1, -0.05) is 255 Å². The molecule has 0 amide bonds. The van der Waals surface area contributed by atoms with E-state index in [1.807, 2.05) is 60.7 Å². The molecule has 114 heavy (non-hydrogen) atoms. The molecule has 2 aliphatic carbocycles. The molecule has 0 saturated heterocycles. The van der Waals surface area contributed by atoms with E-state index >= 15 is 0 Å². The van der Waals surface area contributed by atoms with E-state index in [0.29, 0.717) is 17.5 Å². The largest absolute Gasteiger partial charge is 0.309 e. The van der Waals surface area contributed by atoms with E-state index in [-0.39, 0.29) is 0 Å². The second-order valence-corrected chi connectivity index (χ2v) is 30.8. The summed E-state index contributed by atoms with van der Waals surface area (Å²) in [7, 11) is 0. The van der Waals surface area contributed by atoms with Crippen molar-refractivity contribution in [1.29, 1.82) is 0 Å². The minimum absolute atomic E-state index is 0.640. The van der Waals surface area contributed by atoms with Crippen molar-refractivity contribution >= 4 is 152 Å². The van der Waals surface area contributed by atoms with Crippen molar-refractivity contribution < 1.29 is 0 Å². The van der Waals surface area contributed by atoms with Crippen molar-refractivity contribution in [3.8, 4) is 101 Å². The first-order valence-electron chi connectivity index (χ1n) is 39.2. The van der Waals surface area contributed by atoms with Gasteiger partial charge in [0.1, 0.15) is 0 Å². The lowest BCUT2D eigenvalue weighted by Crippen LogP contribution is -2.00. The summed E-state index contributed by atoms with van der Waals surface area (Å²) in [6, 6.07) is 135. The van der Waals surface area contributed by atoms with Crippen LogP contribution in [0.1, 0.15) is 0 Å². The maximum absolute atomic E-state index is 5.03. The first-order chi connectivity index (χ1) is 56.6. The van der Waals surface area contributed by atoms with Gasteiger partial charge in [0.25, 0.3) is 0 Å². The van der Waals surface area contributed by atoms with Gasteiger partial charge in [0.2, 0.25) is 0 Å². The Labute approximate surface area is 652 Å². The monoisotopic (exact) mass is 1440 g/mol. The van der Waals surface area contributed by atoms with Crippen LogP contribution in [0.5, 0.6) is 0 Å². The highest BCUT2D eigenvalue weighted by atomic mass is 15.0. The van der Waals surface area contributed by atoms with Gasteiger partial charge in [0, 0.05) is 93.3 Å².